The molecule has 0 amide bonds. The van der Waals surface area contributed by atoms with Gasteiger partial charge in [-0.3, -0.25) is 10.1 Å². The molecule has 1 heterocycles. The quantitative estimate of drug-likeness (QED) is 0.300. The van der Waals surface area contributed by atoms with Gasteiger partial charge in [0.2, 0.25) is 0 Å². The van der Waals surface area contributed by atoms with Crippen LogP contribution in [0.5, 0.6) is 5.75 Å². The molecule has 1 unspecified atom stereocenters. The molecule has 130 valence electrons. The molecule has 2 aromatic carbocycles. The molecule has 0 radical (unpaired) electrons. The topological polar surface area (TPSA) is 72.7 Å². The lowest BCUT2D eigenvalue weighted by molar-refractivity contribution is -0.385. The van der Waals surface area contributed by atoms with Crippen molar-refractivity contribution in [1.82, 2.24) is 0 Å². The number of halogens is 2. The first kappa shape index (κ1) is 17.6. The Kier molecular flexibility index (Phi) is 4.40. The molecular formula is C17H14FIN2O4. The van der Waals surface area contributed by atoms with Crippen LogP contribution in [0, 0.1) is 19.5 Å². The highest BCUT2D eigenvalue weighted by Crippen LogP contribution is 2.48. The third-order valence-corrected chi connectivity index (χ3v) is 4.88. The first-order chi connectivity index (χ1) is 11.7. The molecule has 0 aromatic heterocycles. The smallest absolute Gasteiger partial charge is 0.274 e. The number of benzene rings is 2. The number of hydrogen-bond acceptors (Lipinski definition) is 5. The Morgan fingerprint density at radius 1 is 1.32 bits per heavy atom. The van der Waals surface area contributed by atoms with Crippen molar-refractivity contribution in [3.63, 3.8) is 0 Å². The normalized spacial score (nSPS) is 18.2. The van der Waals surface area contributed by atoms with Gasteiger partial charge in [-0.25, -0.2) is 4.39 Å². The van der Waals surface area contributed by atoms with E-state index in [-0.39, 0.29) is 5.69 Å². The van der Waals surface area contributed by atoms with Crippen LogP contribution in [0.15, 0.2) is 36.4 Å². The number of carbonyl (C=O) groups is 1. The number of nitro groups is 1. The zero-order chi connectivity index (χ0) is 18.4. The fourth-order valence-electron chi connectivity index (χ4n) is 2.89. The third-order valence-electron chi connectivity index (χ3n) is 4.06. The monoisotopic (exact) mass is 456 g/mol. The minimum absolute atomic E-state index is 0.0949. The zero-order valence-corrected chi connectivity index (χ0v) is 15.6. The van der Waals surface area contributed by atoms with Crippen molar-refractivity contribution in [2.75, 3.05) is 4.90 Å². The molecular weight excluding hydrogens is 442 g/mol. The van der Waals surface area contributed by atoms with E-state index in [1.165, 1.54) is 24.3 Å². The maximum Gasteiger partial charge on any atom is 0.274 e. The molecule has 3 rings (SSSR count). The number of rotatable bonds is 3. The predicted molar refractivity (Wildman–Crippen MR) is 98.9 cm³/mol. The van der Waals surface area contributed by atoms with Crippen molar-refractivity contribution in [2.24, 2.45) is 0 Å². The van der Waals surface area contributed by atoms with E-state index in [2.05, 4.69) is 0 Å². The van der Waals surface area contributed by atoms with Crippen molar-refractivity contribution >= 4 is 45.9 Å². The molecule has 6 nitrogen and oxygen atoms in total. The number of carbonyl (C=O) groups excluding carboxylic acids is 1. The van der Waals surface area contributed by atoms with Crippen molar-refractivity contribution < 1.29 is 18.8 Å². The summed E-state index contributed by atoms with van der Waals surface area (Å²) in [5.74, 6) is -0.0800. The van der Waals surface area contributed by atoms with Gasteiger partial charge in [0.15, 0.2) is 5.75 Å². The van der Waals surface area contributed by atoms with Crippen LogP contribution in [0.25, 0.3) is 0 Å². The number of non-ortho nitro benzene ring substituents is 1. The number of anilines is 2. The summed E-state index contributed by atoms with van der Waals surface area (Å²) in [5, 5.41) is 11.1. The highest BCUT2D eigenvalue weighted by Gasteiger charge is 2.44. The van der Waals surface area contributed by atoms with Gasteiger partial charge in [-0.1, -0.05) is 0 Å². The van der Waals surface area contributed by atoms with Crippen LogP contribution in [-0.2, 0) is 4.79 Å². The Labute approximate surface area is 156 Å². The van der Waals surface area contributed by atoms with Crippen molar-refractivity contribution in [3.8, 4) is 5.75 Å². The van der Waals surface area contributed by atoms with E-state index in [0.29, 0.717) is 20.7 Å². The summed E-state index contributed by atoms with van der Waals surface area (Å²) in [4.78, 5) is 24.2. The lowest BCUT2D eigenvalue weighted by Gasteiger charge is -2.45. The van der Waals surface area contributed by atoms with Crippen LogP contribution < -0.4 is 9.64 Å². The van der Waals surface area contributed by atoms with E-state index in [4.69, 9.17) is 4.74 Å². The van der Waals surface area contributed by atoms with Crippen LogP contribution in [0.1, 0.15) is 13.8 Å². The summed E-state index contributed by atoms with van der Waals surface area (Å²) < 4.78 is 19.8. The SMILES string of the molecule is CC1(C)Oc2cc([N+](=O)[O-])cc(I)c2N(c2ccc(F)cc2)C1C=O. The first-order valence-corrected chi connectivity index (χ1v) is 8.49. The molecule has 1 atom stereocenters. The first-order valence-electron chi connectivity index (χ1n) is 7.41. The largest absolute Gasteiger partial charge is 0.483 e. The Balaban J connectivity index is 2.26. The van der Waals surface area contributed by atoms with Gasteiger partial charge in [-0.2, -0.15) is 0 Å². The van der Waals surface area contributed by atoms with Crippen LogP contribution in [-0.4, -0.2) is 22.9 Å². The van der Waals surface area contributed by atoms with Crippen molar-refractivity contribution in [2.45, 2.75) is 25.5 Å². The van der Waals surface area contributed by atoms with Crippen LogP contribution in [0.4, 0.5) is 21.5 Å². The van der Waals surface area contributed by atoms with Gasteiger partial charge in [0.1, 0.15) is 23.7 Å². The number of fused-ring (bicyclic) bond motifs is 1. The van der Waals surface area contributed by atoms with Gasteiger partial charge >= 0.3 is 0 Å². The van der Waals surface area contributed by atoms with Crippen LogP contribution >= 0.6 is 22.6 Å². The van der Waals surface area contributed by atoms with Gasteiger partial charge in [-0.15, -0.1) is 0 Å². The molecule has 0 fully saturated rings. The second kappa shape index (κ2) is 6.25. The summed E-state index contributed by atoms with van der Waals surface area (Å²) in [5.41, 5.74) is 0.126. The summed E-state index contributed by atoms with van der Waals surface area (Å²) >= 11 is 1.97. The second-order valence-corrected chi connectivity index (χ2v) is 7.33. The van der Waals surface area contributed by atoms with E-state index in [1.807, 2.05) is 22.6 Å². The fraction of sp³-hybridized carbons (Fsp3) is 0.235. The van der Waals surface area contributed by atoms with E-state index in [9.17, 15) is 19.3 Å². The molecule has 25 heavy (non-hydrogen) atoms. The number of nitro benzene ring substituents is 1. The Morgan fingerprint density at radius 2 is 1.96 bits per heavy atom. The summed E-state index contributed by atoms with van der Waals surface area (Å²) in [6.07, 6.45) is 0.768. The fourth-order valence-corrected chi connectivity index (χ4v) is 3.73. The number of aldehydes is 1. The Hall–Kier alpha value is -2.23. The van der Waals surface area contributed by atoms with Gasteiger partial charge in [0.05, 0.1) is 16.7 Å². The molecule has 0 bridgehead atoms. The van der Waals surface area contributed by atoms with Gasteiger partial charge in [-0.05, 0) is 60.7 Å². The third kappa shape index (κ3) is 3.06. The highest BCUT2D eigenvalue weighted by molar-refractivity contribution is 14.1. The van der Waals surface area contributed by atoms with Crippen LogP contribution in [0.3, 0.4) is 0 Å². The summed E-state index contributed by atoms with van der Waals surface area (Å²) in [6, 6.07) is 7.81. The minimum Gasteiger partial charge on any atom is -0.483 e. The Bertz CT molecular complexity index is 854. The number of hydrogen-bond donors (Lipinski definition) is 0. The zero-order valence-electron chi connectivity index (χ0n) is 13.4. The minimum atomic E-state index is -0.929. The van der Waals surface area contributed by atoms with Crippen molar-refractivity contribution in [1.29, 1.82) is 0 Å². The standard InChI is InChI=1S/C17H14FIN2O4/c1-17(2)15(9-22)20(11-5-3-10(18)4-6-11)16-13(19)7-12(21(23)24)8-14(16)25-17/h3-9,15H,1-2H3. The van der Waals surface area contributed by atoms with Crippen molar-refractivity contribution in [3.05, 3.63) is 55.9 Å². The average molecular weight is 456 g/mol. The molecule has 0 saturated heterocycles. The maximum atomic E-state index is 13.3. The maximum absolute atomic E-state index is 13.3. The molecule has 1 aliphatic heterocycles. The highest BCUT2D eigenvalue weighted by atomic mass is 127. The molecule has 0 N–H and O–H groups in total. The van der Waals surface area contributed by atoms with E-state index in [1.54, 1.807) is 30.9 Å². The molecule has 0 spiro atoms. The molecule has 0 aliphatic carbocycles. The Morgan fingerprint density at radius 3 is 2.52 bits per heavy atom. The van der Waals surface area contributed by atoms with Crippen LogP contribution in [0.2, 0.25) is 0 Å². The molecule has 1 aliphatic rings. The average Bonchev–Trinajstić information content (AvgIpc) is 2.53. The predicted octanol–water partition coefficient (Wildman–Crippen LogP) is 4.22. The second-order valence-electron chi connectivity index (χ2n) is 6.16. The number of ether oxygens (including phenoxy) is 1. The van der Waals surface area contributed by atoms with Gasteiger partial charge in [0.25, 0.3) is 5.69 Å². The lowest BCUT2D eigenvalue weighted by Crippen LogP contribution is -2.55. The number of nitrogens with zero attached hydrogens (tertiary/aromatic N) is 2. The van der Waals surface area contributed by atoms with E-state index >= 15 is 0 Å². The molecule has 0 saturated carbocycles. The van der Waals surface area contributed by atoms with Gasteiger partial charge in [0, 0.05) is 15.3 Å². The van der Waals surface area contributed by atoms with Gasteiger partial charge < -0.3 is 14.4 Å². The molecule has 8 heteroatoms. The van der Waals surface area contributed by atoms with E-state index < -0.39 is 22.4 Å². The summed E-state index contributed by atoms with van der Waals surface area (Å²) in [6.45, 7) is 3.47. The molecule has 2 aromatic rings. The lowest BCUT2D eigenvalue weighted by atomic mass is 9.94. The van der Waals surface area contributed by atoms with E-state index in [0.717, 1.165) is 6.29 Å². The summed E-state index contributed by atoms with van der Waals surface area (Å²) in [7, 11) is 0.